The van der Waals surface area contributed by atoms with Crippen LogP contribution in [0.1, 0.15) is 18.1 Å². The number of allylic oxidation sites excluding steroid dienone is 1. The lowest BCUT2D eigenvalue weighted by atomic mass is 9.91. The van der Waals surface area contributed by atoms with Crippen molar-refractivity contribution in [3.63, 3.8) is 0 Å². The van der Waals surface area contributed by atoms with Crippen LogP contribution in [-0.4, -0.2) is 21.3 Å². The highest BCUT2D eigenvalue weighted by atomic mass is 16.5. The molecule has 0 aromatic heterocycles. The summed E-state index contributed by atoms with van der Waals surface area (Å²) in [7, 11) is 5.48. The number of benzene rings is 2. The summed E-state index contributed by atoms with van der Waals surface area (Å²) in [6.45, 7) is 2.90. The highest BCUT2D eigenvalue weighted by Crippen LogP contribution is 2.44. The van der Waals surface area contributed by atoms with Crippen molar-refractivity contribution in [1.82, 2.24) is 0 Å². The Morgan fingerprint density at radius 2 is 1.77 bits per heavy atom. The monoisotopic (exact) mass is 295 g/mol. The molecule has 0 saturated heterocycles. The Balaban J connectivity index is 2.26. The Bertz CT molecular complexity index is 734. The molecule has 2 aromatic carbocycles. The van der Waals surface area contributed by atoms with Gasteiger partial charge in [-0.3, -0.25) is 0 Å². The maximum absolute atomic E-state index is 5.47. The molecule has 0 N–H and O–H groups in total. The topological polar surface area (TPSA) is 21.7 Å². The third-order valence-corrected chi connectivity index (χ3v) is 4.10. The van der Waals surface area contributed by atoms with Crippen molar-refractivity contribution in [2.24, 2.45) is 0 Å². The second kappa shape index (κ2) is 5.76. The van der Waals surface area contributed by atoms with Gasteiger partial charge in [0, 0.05) is 19.2 Å². The summed E-state index contributed by atoms with van der Waals surface area (Å²) < 4.78 is 10.9. The molecule has 114 valence electrons. The predicted molar refractivity (Wildman–Crippen MR) is 91.8 cm³/mol. The van der Waals surface area contributed by atoms with Gasteiger partial charge in [0.05, 0.1) is 19.9 Å². The molecule has 0 amide bonds. The molecule has 0 fully saturated rings. The Morgan fingerprint density at radius 3 is 2.45 bits per heavy atom. The Hall–Kier alpha value is -2.42. The van der Waals surface area contributed by atoms with Crippen molar-refractivity contribution in [3.05, 3.63) is 47.5 Å². The predicted octanol–water partition coefficient (Wildman–Crippen LogP) is 4.35. The molecule has 0 radical (unpaired) electrons. The summed E-state index contributed by atoms with van der Waals surface area (Å²) in [5.41, 5.74) is 6.21. The summed E-state index contributed by atoms with van der Waals surface area (Å²) in [6, 6.07) is 10.6. The van der Waals surface area contributed by atoms with E-state index in [-0.39, 0.29) is 0 Å². The van der Waals surface area contributed by atoms with Gasteiger partial charge in [-0.15, -0.1) is 0 Å². The average Bonchev–Trinajstić information content (AvgIpc) is 2.54. The van der Waals surface area contributed by atoms with Gasteiger partial charge in [-0.2, -0.15) is 0 Å². The van der Waals surface area contributed by atoms with Crippen molar-refractivity contribution >= 4 is 11.8 Å². The fourth-order valence-electron chi connectivity index (χ4n) is 3.16. The molecule has 2 aromatic rings. The van der Waals surface area contributed by atoms with Crippen LogP contribution in [0.4, 0.5) is 5.69 Å². The highest BCUT2D eigenvalue weighted by molar-refractivity contribution is 5.89. The SMILES string of the molecule is C/C=C/c1cccc2c1N(C)Cc1cc(OC)c(OC)cc1-2. The Kier molecular flexibility index (Phi) is 3.80. The van der Waals surface area contributed by atoms with Crippen LogP contribution in [0, 0.1) is 0 Å². The van der Waals surface area contributed by atoms with Gasteiger partial charge in [-0.1, -0.05) is 30.4 Å². The summed E-state index contributed by atoms with van der Waals surface area (Å²) in [4.78, 5) is 2.29. The number of ether oxygens (including phenoxy) is 2. The van der Waals surface area contributed by atoms with Crippen LogP contribution in [0.15, 0.2) is 36.4 Å². The summed E-state index contributed by atoms with van der Waals surface area (Å²) in [5, 5.41) is 0. The standard InChI is InChI=1S/C19H21NO2/c1-5-7-13-8-6-9-15-16-11-18(22-4)17(21-3)10-14(16)12-20(2)19(13)15/h5-11H,12H2,1-4H3/b7-5+. The molecule has 22 heavy (non-hydrogen) atoms. The molecule has 0 saturated carbocycles. The van der Waals surface area contributed by atoms with Crippen LogP contribution in [-0.2, 0) is 6.54 Å². The molecule has 1 aliphatic rings. The van der Waals surface area contributed by atoms with E-state index < -0.39 is 0 Å². The Morgan fingerprint density at radius 1 is 1.05 bits per heavy atom. The van der Waals surface area contributed by atoms with Crippen molar-refractivity contribution in [1.29, 1.82) is 0 Å². The minimum Gasteiger partial charge on any atom is -0.493 e. The first kappa shape index (κ1) is 14.5. The van der Waals surface area contributed by atoms with Crippen LogP contribution in [0.25, 0.3) is 17.2 Å². The van der Waals surface area contributed by atoms with E-state index in [4.69, 9.17) is 9.47 Å². The first-order valence-corrected chi connectivity index (χ1v) is 7.41. The number of anilines is 1. The zero-order valence-electron chi connectivity index (χ0n) is 13.5. The molecule has 0 atom stereocenters. The van der Waals surface area contributed by atoms with Gasteiger partial charge < -0.3 is 14.4 Å². The molecule has 1 aliphatic heterocycles. The first-order chi connectivity index (χ1) is 10.7. The lowest BCUT2D eigenvalue weighted by molar-refractivity contribution is 0.354. The number of hydrogen-bond donors (Lipinski definition) is 0. The van der Waals surface area contributed by atoms with E-state index in [2.05, 4.69) is 54.4 Å². The number of hydrogen-bond acceptors (Lipinski definition) is 3. The lowest BCUT2D eigenvalue weighted by Crippen LogP contribution is -2.22. The minimum atomic E-state index is 0.771. The molecular formula is C19H21NO2. The van der Waals surface area contributed by atoms with E-state index in [9.17, 15) is 0 Å². The molecule has 0 spiro atoms. The molecule has 0 unspecified atom stereocenters. The average molecular weight is 295 g/mol. The van der Waals surface area contributed by atoms with E-state index in [1.165, 1.54) is 27.9 Å². The number of para-hydroxylation sites is 1. The van der Waals surface area contributed by atoms with Crippen LogP contribution in [0.3, 0.4) is 0 Å². The molecule has 0 bridgehead atoms. The fourth-order valence-corrected chi connectivity index (χ4v) is 3.16. The molecule has 0 aliphatic carbocycles. The quantitative estimate of drug-likeness (QED) is 0.840. The number of nitrogens with zero attached hydrogens (tertiary/aromatic N) is 1. The van der Waals surface area contributed by atoms with Crippen LogP contribution in [0.5, 0.6) is 11.5 Å². The fraction of sp³-hybridized carbons (Fsp3) is 0.263. The summed E-state index contributed by atoms with van der Waals surface area (Å²) in [5.74, 6) is 1.55. The normalized spacial score (nSPS) is 13.0. The van der Waals surface area contributed by atoms with E-state index in [0.29, 0.717) is 0 Å². The number of methoxy groups -OCH3 is 2. The molecular weight excluding hydrogens is 274 g/mol. The zero-order chi connectivity index (χ0) is 15.7. The van der Waals surface area contributed by atoms with E-state index in [0.717, 1.165) is 18.0 Å². The molecule has 3 nitrogen and oxygen atoms in total. The van der Waals surface area contributed by atoms with Crippen molar-refractivity contribution in [2.75, 3.05) is 26.2 Å². The minimum absolute atomic E-state index is 0.771. The Labute approximate surface area is 131 Å². The van der Waals surface area contributed by atoms with Gasteiger partial charge in [0.1, 0.15) is 0 Å². The smallest absolute Gasteiger partial charge is 0.161 e. The zero-order valence-corrected chi connectivity index (χ0v) is 13.5. The van der Waals surface area contributed by atoms with Crippen molar-refractivity contribution < 1.29 is 9.47 Å². The van der Waals surface area contributed by atoms with Crippen LogP contribution < -0.4 is 14.4 Å². The summed E-state index contributed by atoms with van der Waals surface area (Å²) >= 11 is 0. The maximum atomic E-state index is 5.47. The van der Waals surface area contributed by atoms with E-state index in [1.54, 1.807) is 14.2 Å². The van der Waals surface area contributed by atoms with Crippen molar-refractivity contribution in [3.8, 4) is 22.6 Å². The summed E-state index contributed by atoms with van der Waals surface area (Å²) in [6.07, 6.45) is 4.23. The largest absolute Gasteiger partial charge is 0.493 e. The number of fused-ring (bicyclic) bond motifs is 3. The maximum Gasteiger partial charge on any atom is 0.161 e. The van der Waals surface area contributed by atoms with Crippen molar-refractivity contribution in [2.45, 2.75) is 13.5 Å². The van der Waals surface area contributed by atoms with E-state index >= 15 is 0 Å². The van der Waals surface area contributed by atoms with Gasteiger partial charge in [0.15, 0.2) is 11.5 Å². The number of rotatable bonds is 3. The van der Waals surface area contributed by atoms with Gasteiger partial charge >= 0.3 is 0 Å². The highest BCUT2D eigenvalue weighted by Gasteiger charge is 2.23. The third kappa shape index (κ3) is 2.23. The van der Waals surface area contributed by atoms with Crippen LogP contribution in [0.2, 0.25) is 0 Å². The second-order valence-electron chi connectivity index (χ2n) is 5.46. The first-order valence-electron chi connectivity index (χ1n) is 7.41. The van der Waals surface area contributed by atoms with Gasteiger partial charge in [-0.25, -0.2) is 0 Å². The van der Waals surface area contributed by atoms with Gasteiger partial charge in [-0.05, 0) is 35.7 Å². The van der Waals surface area contributed by atoms with E-state index in [1.807, 2.05) is 6.92 Å². The molecule has 1 heterocycles. The molecule has 3 rings (SSSR count). The third-order valence-electron chi connectivity index (χ3n) is 4.10. The molecule has 3 heteroatoms. The van der Waals surface area contributed by atoms with Gasteiger partial charge in [0.25, 0.3) is 0 Å². The lowest BCUT2D eigenvalue weighted by Gasteiger charge is -2.31. The van der Waals surface area contributed by atoms with Crippen LogP contribution >= 0.6 is 0 Å². The van der Waals surface area contributed by atoms with Gasteiger partial charge in [0.2, 0.25) is 0 Å². The second-order valence-corrected chi connectivity index (χ2v) is 5.46.